The molecule has 3 rings (SSSR count). The molecule has 6 heteroatoms. The van der Waals surface area contributed by atoms with Crippen LogP contribution in [0.1, 0.15) is 30.6 Å². The van der Waals surface area contributed by atoms with Gasteiger partial charge in [-0.1, -0.05) is 24.3 Å². The lowest BCUT2D eigenvalue weighted by atomic mass is 10.1. The van der Waals surface area contributed by atoms with Crippen LogP contribution in [0.25, 0.3) is 0 Å². The summed E-state index contributed by atoms with van der Waals surface area (Å²) in [6.07, 6.45) is 1.43. The first kappa shape index (κ1) is 18.5. The summed E-state index contributed by atoms with van der Waals surface area (Å²) in [6, 6.07) is 13.9. The molecule has 1 N–H and O–H groups in total. The number of hydrogen-bond donors (Lipinski definition) is 1. The number of carbonyl (C=O) groups excluding carboxylic acids is 2. The van der Waals surface area contributed by atoms with Crippen molar-refractivity contribution in [2.45, 2.75) is 25.0 Å². The Kier molecular flexibility index (Phi) is 5.93. The molecule has 26 heavy (non-hydrogen) atoms. The Labute approximate surface area is 156 Å². The summed E-state index contributed by atoms with van der Waals surface area (Å²) in [6.45, 7) is 2.60. The molecule has 0 aromatic heterocycles. The number of nitrogens with one attached hydrogen (secondary N) is 1. The zero-order valence-electron chi connectivity index (χ0n) is 14.6. The first-order valence-electron chi connectivity index (χ1n) is 8.61. The first-order valence-corrected chi connectivity index (χ1v) is 9.66. The van der Waals surface area contributed by atoms with Crippen LogP contribution in [-0.4, -0.2) is 24.1 Å². The van der Waals surface area contributed by atoms with Gasteiger partial charge < -0.3 is 10.2 Å². The van der Waals surface area contributed by atoms with Gasteiger partial charge in [0.1, 0.15) is 5.82 Å². The largest absolute Gasteiger partial charge is 0.325 e. The van der Waals surface area contributed by atoms with Crippen molar-refractivity contribution in [1.29, 1.82) is 0 Å². The molecule has 1 saturated heterocycles. The molecular formula is C20H21FN2O2S. The van der Waals surface area contributed by atoms with Gasteiger partial charge in [-0.2, -0.15) is 0 Å². The maximum absolute atomic E-state index is 13.8. The molecule has 2 amide bonds. The highest BCUT2D eigenvalue weighted by molar-refractivity contribution is 8.00. The Morgan fingerprint density at radius 1 is 1.27 bits per heavy atom. The first-order chi connectivity index (χ1) is 12.5. The van der Waals surface area contributed by atoms with E-state index in [-0.39, 0.29) is 28.6 Å². The van der Waals surface area contributed by atoms with Crippen LogP contribution in [-0.2, 0) is 9.59 Å². The number of carbonyl (C=O) groups is 2. The predicted molar refractivity (Wildman–Crippen MR) is 104 cm³/mol. The van der Waals surface area contributed by atoms with Gasteiger partial charge in [-0.25, -0.2) is 4.39 Å². The molecule has 1 fully saturated rings. The summed E-state index contributed by atoms with van der Waals surface area (Å²) in [4.78, 5) is 25.8. The van der Waals surface area contributed by atoms with Gasteiger partial charge in [-0.3, -0.25) is 9.59 Å². The van der Waals surface area contributed by atoms with Crippen LogP contribution in [0.5, 0.6) is 0 Å². The fourth-order valence-electron chi connectivity index (χ4n) is 2.97. The van der Waals surface area contributed by atoms with Crippen molar-refractivity contribution >= 4 is 35.0 Å². The number of rotatable bonds is 6. The molecule has 136 valence electrons. The fourth-order valence-corrected chi connectivity index (χ4v) is 3.81. The van der Waals surface area contributed by atoms with E-state index in [1.807, 2.05) is 25.1 Å². The number of halogens is 1. The van der Waals surface area contributed by atoms with Crippen molar-refractivity contribution in [2.24, 2.45) is 0 Å². The van der Waals surface area contributed by atoms with E-state index >= 15 is 0 Å². The molecule has 2 aromatic rings. The van der Waals surface area contributed by atoms with E-state index in [9.17, 15) is 14.0 Å². The Morgan fingerprint density at radius 3 is 2.81 bits per heavy atom. The maximum atomic E-state index is 13.8. The van der Waals surface area contributed by atoms with Crippen molar-refractivity contribution in [3.8, 4) is 0 Å². The molecular weight excluding hydrogens is 351 g/mol. The van der Waals surface area contributed by atoms with Gasteiger partial charge in [0.2, 0.25) is 11.8 Å². The van der Waals surface area contributed by atoms with Crippen LogP contribution in [0.15, 0.2) is 48.5 Å². The molecule has 2 aromatic carbocycles. The SMILES string of the molecule is CC(SCC(=O)Nc1cccc(N2CCCC2=O)c1)c1ccccc1F. The molecule has 0 aliphatic carbocycles. The molecule has 0 radical (unpaired) electrons. The van der Waals surface area contributed by atoms with Gasteiger partial charge in [-0.15, -0.1) is 11.8 Å². The van der Waals surface area contributed by atoms with Crippen LogP contribution < -0.4 is 10.2 Å². The molecule has 1 atom stereocenters. The third-order valence-corrected chi connectivity index (χ3v) is 5.51. The van der Waals surface area contributed by atoms with Crippen molar-refractivity contribution in [2.75, 3.05) is 22.5 Å². The van der Waals surface area contributed by atoms with Crippen LogP contribution in [0.2, 0.25) is 0 Å². The Hall–Kier alpha value is -2.34. The number of anilines is 2. The van der Waals surface area contributed by atoms with Crippen molar-refractivity contribution in [3.63, 3.8) is 0 Å². The van der Waals surface area contributed by atoms with Gasteiger partial charge in [-0.05, 0) is 37.6 Å². The van der Waals surface area contributed by atoms with E-state index in [2.05, 4.69) is 5.32 Å². The average Bonchev–Trinajstić information content (AvgIpc) is 3.06. The second-order valence-electron chi connectivity index (χ2n) is 6.22. The third kappa shape index (κ3) is 4.43. The topological polar surface area (TPSA) is 49.4 Å². The van der Waals surface area contributed by atoms with E-state index < -0.39 is 0 Å². The number of benzene rings is 2. The van der Waals surface area contributed by atoms with Crippen LogP contribution in [0, 0.1) is 5.82 Å². The molecule has 1 heterocycles. The Balaban J connectivity index is 1.57. The van der Waals surface area contributed by atoms with Gasteiger partial charge in [0.25, 0.3) is 0 Å². The standard InChI is InChI=1S/C20H21FN2O2S/c1-14(17-8-2-3-9-18(17)21)26-13-19(24)22-15-6-4-7-16(12-15)23-11-5-10-20(23)25/h2-4,6-9,12,14H,5,10-11,13H2,1H3,(H,22,24). The fraction of sp³-hybridized carbons (Fsp3) is 0.300. The van der Waals surface area contributed by atoms with Crippen molar-refractivity contribution < 1.29 is 14.0 Å². The lowest BCUT2D eigenvalue weighted by Gasteiger charge is -2.17. The Morgan fingerprint density at radius 2 is 2.08 bits per heavy atom. The smallest absolute Gasteiger partial charge is 0.234 e. The molecule has 0 spiro atoms. The van der Waals surface area contributed by atoms with Crippen LogP contribution >= 0.6 is 11.8 Å². The van der Waals surface area contributed by atoms with Gasteiger partial charge in [0.05, 0.1) is 5.75 Å². The molecule has 1 aliphatic heterocycles. The number of thioether (sulfide) groups is 1. The Bertz CT molecular complexity index is 812. The summed E-state index contributed by atoms with van der Waals surface area (Å²) < 4.78 is 13.8. The molecule has 4 nitrogen and oxygen atoms in total. The van der Waals surface area contributed by atoms with Gasteiger partial charge in [0.15, 0.2) is 0 Å². The minimum Gasteiger partial charge on any atom is -0.325 e. The lowest BCUT2D eigenvalue weighted by molar-refractivity contribution is -0.117. The number of hydrogen-bond acceptors (Lipinski definition) is 3. The zero-order valence-corrected chi connectivity index (χ0v) is 15.4. The number of nitrogens with zero attached hydrogens (tertiary/aromatic N) is 1. The van der Waals surface area contributed by atoms with Crippen LogP contribution in [0.3, 0.4) is 0 Å². The van der Waals surface area contributed by atoms with E-state index in [1.54, 1.807) is 29.2 Å². The normalized spacial score (nSPS) is 15.2. The van der Waals surface area contributed by atoms with Crippen molar-refractivity contribution in [3.05, 3.63) is 59.9 Å². The summed E-state index contributed by atoms with van der Waals surface area (Å²) in [5.41, 5.74) is 2.06. The zero-order chi connectivity index (χ0) is 18.5. The summed E-state index contributed by atoms with van der Waals surface area (Å²) in [7, 11) is 0. The van der Waals surface area contributed by atoms with Gasteiger partial charge in [0, 0.05) is 35.2 Å². The molecule has 0 bridgehead atoms. The van der Waals surface area contributed by atoms with E-state index in [0.717, 1.165) is 12.1 Å². The minimum absolute atomic E-state index is 0.114. The molecule has 1 unspecified atom stereocenters. The second kappa shape index (κ2) is 8.36. The molecule has 1 aliphatic rings. The molecule has 0 saturated carbocycles. The predicted octanol–water partition coefficient (Wildman–Crippen LogP) is 4.39. The van der Waals surface area contributed by atoms with E-state index in [0.29, 0.717) is 24.2 Å². The monoisotopic (exact) mass is 372 g/mol. The highest BCUT2D eigenvalue weighted by Gasteiger charge is 2.21. The minimum atomic E-state index is -0.254. The lowest BCUT2D eigenvalue weighted by Crippen LogP contribution is -2.23. The summed E-state index contributed by atoms with van der Waals surface area (Å²) in [5.74, 6) is -0.0655. The second-order valence-corrected chi connectivity index (χ2v) is 7.55. The van der Waals surface area contributed by atoms with E-state index in [1.165, 1.54) is 17.8 Å². The highest BCUT2D eigenvalue weighted by atomic mass is 32.2. The van der Waals surface area contributed by atoms with Gasteiger partial charge >= 0.3 is 0 Å². The quantitative estimate of drug-likeness (QED) is 0.818. The maximum Gasteiger partial charge on any atom is 0.234 e. The summed E-state index contributed by atoms with van der Waals surface area (Å²) in [5, 5.41) is 2.74. The van der Waals surface area contributed by atoms with E-state index in [4.69, 9.17) is 0 Å². The van der Waals surface area contributed by atoms with Crippen molar-refractivity contribution in [1.82, 2.24) is 0 Å². The summed E-state index contributed by atoms with van der Waals surface area (Å²) >= 11 is 1.38. The average molecular weight is 372 g/mol. The highest BCUT2D eigenvalue weighted by Crippen LogP contribution is 2.30. The number of amides is 2. The van der Waals surface area contributed by atoms with Crippen LogP contribution in [0.4, 0.5) is 15.8 Å². The third-order valence-electron chi connectivity index (χ3n) is 4.32.